The number of hydrogen-bond acceptors (Lipinski definition) is 0. The summed E-state index contributed by atoms with van der Waals surface area (Å²) in [6, 6.07) is 0. The third-order valence-electron chi connectivity index (χ3n) is 2.15. The average Bonchev–Trinajstić information content (AvgIpc) is 2.51. The summed E-state index contributed by atoms with van der Waals surface area (Å²) in [5, 5.41) is 0. The molecule has 1 heterocycles. The summed E-state index contributed by atoms with van der Waals surface area (Å²) in [7, 11) is 2.05. The molecule has 0 aromatic carbocycles. The molecule has 1 rings (SSSR count). The van der Waals surface area contributed by atoms with Crippen LogP contribution in [0.25, 0.3) is 0 Å². The van der Waals surface area contributed by atoms with Gasteiger partial charge in [0.25, 0.3) is 0 Å². The molecule has 13 heavy (non-hydrogen) atoms. The highest BCUT2D eigenvalue weighted by molar-refractivity contribution is 4.67. The molecule has 2 heteroatoms. The van der Waals surface area contributed by atoms with Gasteiger partial charge in [0, 0.05) is 0 Å². The highest BCUT2D eigenvalue weighted by Crippen LogP contribution is 2.01. The van der Waals surface area contributed by atoms with Crippen molar-refractivity contribution in [2.75, 3.05) is 0 Å². The maximum Gasteiger partial charge on any atom is 0.243 e. The van der Waals surface area contributed by atoms with Gasteiger partial charge in [-0.15, -0.1) is 6.58 Å². The molecule has 0 bridgehead atoms. The maximum atomic E-state index is 3.71. The van der Waals surface area contributed by atoms with Crippen LogP contribution in [0, 0.1) is 0 Å². The minimum atomic E-state index is 1.14. The number of allylic oxidation sites excluding steroid dienone is 1. The molecule has 72 valence electrons. The molecule has 0 fully saturated rings. The number of unbranched alkanes of at least 4 members (excludes halogenated alkanes) is 3. The lowest BCUT2D eigenvalue weighted by Gasteiger charge is -1.95. The average molecular weight is 179 g/mol. The highest BCUT2D eigenvalue weighted by atomic mass is 15.1. The lowest BCUT2D eigenvalue weighted by atomic mass is 10.2. The topological polar surface area (TPSA) is 8.81 Å². The van der Waals surface area contributed by atoms with E-state index in [0.29, 0.717) is 0 Å². The molecule has 0 amide bonds. The lowest BCUT2D eigenvalue weighted by molar-refractivity contribution is -0.671. The molecular formula is C11H19N2+. The van der Waals surface area contributed by atoms with Gasteiger partial charge in [-0.1, -0.05) is 6.08 Å². The van der Waals surface area contributed by atoms with E-state index in [2.05, 4.69) is 34.4 Å². The summed E-state index contributed by atoms with van der Waals surface area (Å²) in [5.41, 5.74) is 0. The van der Waals surface area contributed by atoms with Crippen molar-refractivity contribution in [2.24, 2.45) is 7.05 Å². The Kier molecular flexibility index (Phi) is 4.30. The van der Waals surface area contributed by atoms with E-state index in [4.69, 9.17) is 0 Å². The van der Waals surface area contributed by atoms with Crippen LogP contribution in [0.1, 0.15) is 25.7 Å². The van der Waals surface area contributed by atoms with E-state index in [0.717, 1.165) is 13.0 Å². The lowest BCUT2D eigenvalue weighted by Crippen LogP contribution is -2.23. The molecule has 0 radical (unpaired) electrons. The standard InChI is InChI=1S/C11H19N2/c1-3-4-5-6-7-8-13-10-9-12(2)11-13/h3,9-11H,1,4-8H2,2H3/q+1. The van der Waals surface area contributed by atoms with Crippen LogP contribution < -0.4 is 4.57 Å². The van der Waals surface area contributed by atoms with Crippen LogP contribution in [0.3, 0.4) is 0 Å². The van der Waals surface area contributed by atoms with Crippen LogP contribution in [0.2, 0.25) is 0 Å². The smallest absolute Gasteiger partial charge is 0.240 e. The molecule has 0 aliphatic heterocycles. The van der Waals surface area contributed by atoms with Crippen molar-refractivity contribution in [3.8, 4) is 0 Å². The number of rotatable bonds is 6. The van der Waals surface area contributed by atoms with Crippen molar-refractivity contribution in [1.82, 2.24) is 4.57 Å². The van der Waals surface area contributed by atoms with Gasteiger partial charge in [0.05, 0.1) is 13.6 Å². The quantitative estimate of drug-likeness (QED) is 0.359. The number of aryl methyl sites for hydroxylation is 2. The number of nitrogens with zero attached hydrogens (tertiary/aromatic N) is 2. The van der Waals surface area contributed by atoms with Gasteiger partial charge in [0.15, 0.2) is 0 Å². The van der Waals surface area contributed by atoms with Crippen molar-refractivity contribution >= 4 is 0 Å². The first-order valence-electron chi connectivity index (χ1n) is 4.95. The van der Waals surface area contributed by atoms with Crippen LogP contribution in [0.5, 0.6) is 0 Å². The van der Waals surface area contributed by atoms with Gasteiger partial charge in [0.2, 0.25) is 6.33 Å². The first-order valence-corrected chi connectivity index (χ1v) is 4.95. The van der Waals surface area contributed by atoms with Crippen LogP contribution in [0.4, 0.5) is 0 Å². The predicted molar refractivity (Wildman–Crippen MR) is 54.3 cm³/mol. The molecule has 0 saturated heterocycles. The molecule has 0 aliphatic carbocycles. The molecule has 0 N–H and O–H groups in total. The minimum Gasteiger partial charge on any atom is -0.240 e. The van der Waals surface area contributed by atoms with Crippen molar-refractivity contribution in [1.29, 1.82) is 0 Å². The first-order chi connectivity index (χ1) is 6.33. The van der Waals surface area contributed by atoms with Gasteiger partial charge < -0.3 is 0 Å². The van der Waals surface area contributed by atoms with Gasteiger partial charge in [-0.25, -0.2) is 9.13 Å². The second-order valence-electron chi connectivity index (χ2n) is 3.45. The van der Waals surface area contributed by atoms with Gasteiger partial charge in [0.1, 0.15) is 12.4 Å². The van der Waals surface area contributed by atoms with Crippen LogP contribution in [-0.2, 0) is 13.6 Å². The van der Waals surface area contributed by atoms with Crippen molar-refractivity contribution in [3.63, 3.8) is 0 Å². The van der Waals surface area contributed by atoms with Crippen LogP contribution in [-0.4, -0.2) is 4.57 Å². The zero-order valence-corrected chi connectivity index (χ0v) is 8.45. The molecule has 0 saturated carbocycles. The van der Waals surface area contributed by atoms with Crippen molar-refractivity contribution in [3.05, 3.63) is 31.4 Å². The molecule has 0 aliphatic rings. The second kappa shape index (κ2) is 5.57. The fourth-order valence-corrected chi connectivity index (χ4v) is 1.39. The Morgan fingerprint density at radius 1 is 1.38 bits per heavy atom. The molecule has 1 aromatic heterocycles. The summed E-state index contributed by atoms with van der Waals surface area (Å²) in [4.78, 5) is 0. The summed E-state index contributed by atoms with van der Waals surface area (Å²) < 4.78 is 4.30. The second-order valence-corrected chi connectivity index (χ2v) is 3.45. The van der Waals surface area contributed by atoms with Gasteiger partial charge in [-0.05, 0) is 25.7 Å². The summed E-state index contributed by atoms with van der Waals surface area (Å²) in [5.74, 6) is 0. The fourth-order valence-electron chi connectivity index (χ4n) is 1.39. The number of aromatic nitrogens is 2. The number of hydrogen-bond donors (Lipinski definition) is 0. The van der Waals surface area contributed by atoms with E-state index in [-0.39, 0.29) is 0 Å². The summed E-state index contributed by atoms with van der Waals surface area (Å²) in [6.45, 7) is 4.85. The van der Waals surface area contributed by atoms with E-state index in [9.17, 15) is 0 Å². The van der Waals surface area contributed by atoms with E-state index in [1.54, 1.807) is 0 Å². The Bertz CT molecular complexity index is 250. The van der Waals surface area contributed by atoms with E-state index in [1.807, 2.05) is 13.1 Å². The Morgan fingerprint density at radius 3 is 2.85 bits per heavy atom. The van der Waals surface area contributed by atoms with Crippen LogP contribution in [0.15, 0.2) is 31.4 Å². The van der Waals surface area contributed by atoms with E-state index < -0.39 is 0 Å². The molecule has 0 unspecified atom stereocenters. The van der Waals surface area contributed by atoms with Crippen LogP contribution >= 0.6 is 0 Å². The minimum absolute atomic E-state index is 1.14. The molecule has 0 atom stereocenters. The van der Waals surface area contributed by atoms with Gasteiger partial charge >= 0.3 is 0 Å². The third-order valence-corrected chi connectivity index (χ3v) is 2.15. The zero-order valence-electron chi connectivity index (χ0n) is 8.45. The molecule has 2 nitrogen and oxygen atoms in total. The van der Waals surface area contributed by atoms with Gasteiger partial charge in [-0.3, -0.25) is 0 Å². The summed E-state index contributed by atoms with van der Waals surface area (Å²) in [6.07, 6.45) is 13.3. The third kappa shape index (κ3) is 3.92. The molecule has 1 aromatic rings. The monoisotopic (exact) mass is 179 g/mol. The van der Waals surface area contributed by atoms with Gasteiger partial charge in [-0.2, -0.15) is 0 Å². The van der Waals surface area contributed by atoms with Crippen molar-refractivity contribution in [2.45, 2.75) is 32.2 Å². The zero-order chi connectivity index (χ0) is 9.52. The first kappa shape index (κ1) is 10.0. The van der Waals surface area contributed by atoms with E-state index in [1.165, 1.54) is 19.3 Å². The Labute approximate surface area is 80.5 Å². The Morgan fingerprint density at radius 2 is 2.23 bits per heavy atom. The highest BCUT2D eigenvalue weighted by Gasteiger charge is 1.98. The Balaban J connectivity index is 2.09. The maximum absolute atomic E-state index is 3.71. The Hall–Kier alpha value is -1.05. The summed E-state index contributed by atoms with van der Waals surface area (Å²) >= 11 is 0. The van der Waals surface area contributed by atoms with E-state index >= 15 is 0 Å². The number of imidazole rings is 1. The predicted octanol–water partition coefficient (Wildman–Crippen LogP) is 2.06. The van der Waals surface area contributed by atoms with Crippen molar-refractivity contribution < 1.29 is 4.57 Å². The normalized spacial score (nSPS) is 10.2. The molecule has 0 spiro atoms. The fraction of sp³-hybridized carbons (Fsp3) is 0.545. The SMILES string of the molecule is C=CCCCCCn1cc[n+](C)c1. The molecular weight excluding hydrogens is 160 g/mol. The largest absolute Gasteiger partial charge is 0.243 e.